The molecular formula is C18H31N3O. The van der Waals surface area contributed by atoms with E-state index in [1.165, 1.54) is 18.2 Å². The highest BCUT2D eigenvalue weighted by Crippen LogP contribution is 2.03. The van der Waals surface area contributed by atoms with Crippen LogP contribution in [-0.2, 0) is 0 Å². The van der Waals surface area contributed by atoms with E-state index in [4.69, 9.17) is 5.41 Å². The maximum atomic E-state index is 9.61. The van der Waals surface area contributed by atoms with Gasteiger partial charge in [0, 0.05) is 0 Å². The topological polar surface area (TPSA) is 68.5 Å². The van der Waals surface area contributed by atoms with Crippen LogP contribution in [-0.4, -0.2) is 16.5 Å². The van der Waals surface area contributed by atoms with E-state index in [1.807, 2.05) is 34.6 Å². The van der Waals surface area contributed by atoms with E-state index >= 15 is 0 Å². The minimum Gasteiger partial charge on any atom is -0.506 e. The molecule has 0 amide bonds. The number of nitrogens with one attached hydrogen (secondary N) is 2. The minimum absolute atomic E-state index is 0.0589. The molecule has 0 aliphatic rings. The first-order valence-corrected chi connectivity index (χ1v) is 7.46. The van der Waals surface area contributed by atoms with Gasteiger partial charge in [-0.2, -0.15) is 5.10 Å². The summed E-state index contributed by atoms with van der Waals surface area (Å²) in [5, 5.41) is 21.3. The zero-order chi connectivity index (χ0) is 18.0. The van der Waals surface area contributed by atoms with E-state index in [1.54, 1.807) is 25.2 Å². The number of nitrogens with zero attached hydrogens (tertiary/aromatic N) is 1. The minimum atomic E-state index is 0.0589. The Morgan fingerprint density at radius 3 is 2.05 bits per heavy atom. The smallest absolute Gasteiger partial charge is 0.136 e. The number of allylic oxidation sites excluding steroid dienone is 6. The molecule has 22 heavy (non-hydrogen) atoms. The zero-order valence-electron chi connectivity index (χ0n) is 14.8. The molecule has 0 heterocycles. The lowest BCUT2D eigenvalue weighted by atomic mass is 10.2. The van der Waals surface area contributed by atoms with Crippen LogP contribution in [0.2, 0.25) is 0 Å². The SMILES string of the molecule is C=C/C=C(N/N=C(/C=C\C)C(=N)C=C)\C(O)=C/C.CC.CC. The van der Waals surface area contributed by atoms with Crippen LogP contribution in [0, 0.1) is 5.41 Å². The highest BCUT2D eigenvalue weighted by Gasteiger charge is 2.02. The summed E-state index contributed by atoms with van der Waals surface area (Å²) in [5.41, 5.74) is 3.72. The van der Waals surface area contributed by atoms with E-state index in [2.05, 4.69) is 23.7 Å². The van der Waals surface area contributed by atoms with Crippen molar-refractivity contribution in [2.24, 2.45) is 5.10 Å². The Hall–Kier alpha value is -2.36. The second kappa shape index (κ2) is 18.6. The monoisotopic (exact) mass is 305 g/mol. The summed E-state index contributed by atoms with van der Waals surface area (Å²) in [4.78, 5) is 0. The molecule has 4 heteroatoms. The quantitative estimate of drug-likeness (QED) is 0.258. The number of rotatable bonds is 7. The normalized spacial score (nSPS) is 11.6. The van der Waals surface area contributed by atoms with E-state index in [0.717, 1.165) is 0 Å². The lowest BCUT2D eigenvalue weighted by molar-refractivity contribution is 0.413. The first-order valence-electron chi connectivity index (χ1n) is 7.46. The Balaban J connectivity index is -0.000000826. The molecule has 0 saturated carbocycles. The van der Waals surface area contributed by atoms with Gasteiger partial charge in [0.05, 0.1) is 11.4 Å². The van der Waals surface area contributed by atoms with Crippen molar-refractivity contribution in [1.29, 1.82) is 5.41 Å². The summed E-state index contributed by atoms with van der Waals surface area (Å²) < 4.78 is 0. The van der Waals surface area contributed by atoms with Crippen molar-refractivity contribution in [2.45, 2.75) is 41.5 Å². The van der Waals surface area contributed by atoms with Gasteiger partial charge >= 0.3 is 0 Å². The molecule has 4 nitrogen and oxygen atoms in total. The van der Waals surface area contributed by atoms with Crippen molar-refractivity contribution in [3.63, 3.8) is 0 Å². The Morgan fingerprint density at radius 2 is 1.68 bits per heavy atom. The highest BCUT2D eigenvalue weighted by atomic mass is 16.3. The molecule has 0 aliphatic heterocycles. The van der Waals surface area contributed by atoms with Crippen molar-refractivity contribution >= 4 is 11.4 Å². The predicted octanol–water partition coefficient (Wildman–Crippen LogP) is 5.30. The first-order chi connectivity index (χ1) is 10.6. The molecule has 0 radical (unpaired) electrons. The molecule has 0 rings (SSSR count). The van der Waals surface area contributed by atoms with Gasteiger partial charge in [-0.25, -0.2) is 0 Å². The molecule has 0 aromatic heterocycles. The standard InChI is InChI=1S/C14H19N3O.2C2H6/c1-5-9-12(11(15)7-3)16-17-13(10-6-2)14(18)8-4;2*1-2/h5-10,15,17-18H,2-3H2,1,4H3;2*1-2H3/b9-5-,13-10+,14-8+,15-11?,16-12-;;. The van der Waals surface area contributed by atoms with E-state index in [-0.39, 0.29) is 11.5 Å². The van der Waals surface area contributed by atoms with E-state index < -0.39 is 0 Å². The van der Waals surface area contributed by atoms with Crippen LogP contribution in [0.3, 0.4) is 0 Å². The Kier molecular flexibility index (Phi) is 20.9. The fourth-order valence-corrected chi connectivity index (χ4v) is 1.02. The van der Waals surface area contributed by atoms with Crippen LogP contribution in [0.4, 0.5) is 0 Å². The van der Waals surface area contributed by atoms with Gasteiger partial charge in [-0.05, 0) is 38.2 Å². The summed E-state index contributed by atoms with van der Waals surface area (Å²) in [6.07, 6.45) is 9.49. The summed E-state index contributed by atoms with van der Waals surface area (Å²) in [6, 6.07) is 0. The molecule has 0 atom stereocenters. The third kappa shape index (κ3) is 11.5. The molecule has 0 unspecified atom stereocenters. The summed E-state index contributed by atoms with van der Waals surface area (Å²) >= 11 is 0. The summed E-state index contributed by atoms with van der Waals surface area (Å²) in [7, 11) is 0. The third-order valence-corrected chi connectivity index (χ3v) is 1.94. The van der Waals surface area contributed by atoms with E-state index in [0.29, 0.717) is 11.4 Å². The van der Waals surface area contributed by atoms with Gasteiger partial charge in [0.1, 0.15) is 11.5 Å². The second-order valence-electron chi connectivity index (χ2n) is 3.22. The third-order valence-electron chi connectivity index (χ3n) is 1.94. The Morgan fingerprint density at radius 1 is 1.14 bits per heavy atom. The molecule has 0 aromatic rings. The second-order valence-corrected chi connectivity index (χ2v) is 3.22. The number of aliphatic hydroxyl groups is 1. The highest BCUT2D eigenvalue weighted by molar-refractivity contribution is 6.49. The average Bonchev–Trinajstić information content (AvgIpc) is 2.59. The predicted molar refractivity (Wildman–Crippen MR) is 101 cm³/mol. The number of hydrazone groups is 1. The molecule has 0 saturated heterocycles. The van der Waals surface area contributed by atoms with Gasteiger partial charge in [-0.3, -0.25) is 10.8 Å². The lowest BCUT2D eigenvalue weighted by Crippen LogP contribution is -2.15. The fourth-order valence-electron chi connectivity index (χ4n) is 1.02. The van der Waals surface area contributed by atoms with Crippen molar-refractivity contribution in [3.05, 3.63) is 61.1 Å². The molecule has 124 valence electrons. The number of hydrogen-bond acceptors (Lipinski definition) is 4. The summed E-state index contributed by atoms with van der Waals surface area (Å²) in [6.45, 7) is 18.6. The first kappa shape index (κ1) is 24.6. The Labute approximate surface area is 135 Å². The zero-order valence-corrected chi connectivity index (χ0v) is 14.8. The van der Waals surface area contributed by atoms with Gasteiger partial charge in [0.2, 0.25) is 0 Å². The van der Waals surface area contributed by atoms with Crippen LogP contribution in [0.15, 0.2) is 66.2 Å². The number of hydrogen-bond donors (Lipinski definition) is 3. The van der Waals surface area contributed by atoms with Gasteiger partial charge in [-0.15, -0.1) is 0 Å². The maximum Gasteiger partial charge on any atom is 0.136 e. The molecule has 0 aliphatic carbocycles. The van der Waals surface area contributed by atoms with Crippen LogP contribution in [0.25, 0.3) is 0 Å². The van der Waals surface area contributed by atoms with Crippen molar-refractivity contribution in [3.8, 4) is 0 Å². The molecule has 3 N–H and O–H groups in total. The van der Waals surface area contributed by atoms with Crippen molar-refractivity contribution in [1.82, 2.24) is 5.43 Å². The van der Waals surface area contributed by atoms with Gasteiger partial charge in [0.25, 0.3) is 0 Å². The Bertz CT molecular complexity index is 441. The fraction of sp³-hybridized carbons (Fsp3) is 0.333. The molecule has 0 bridgehead atoms. The molecule has 0 aromatic carbocycles. The van der Waals surface area contributed by atoms with Crippen LogP contribution in [0.5, 0.6) is 0 Å². The average molecular weight is 305 g/mol. The molecule has 0 spiro atoms. The summed E-state index contributed by atoms with van der Waals surface area (Å²) in [5.74, 6) is 0.0589. The largest absolute Gasteiger partial charge is 0.506 e. The number of aliphatic hydroxyl groups excluding tert-OH is 1. The van der Waals surface area contributed by atoms with Gasteiger partial charge in [-0.1, -0.05) is 53.0 Å². The molecule has 0 fully saturated rings. The maximum absolute atomic E-state index is 9.61. The molecular weight excluding hydrogens is 274 g/mol. The van der Waals surface area contributed by atoms with Gasteiger partial charge in [0.15, 0.2) is 0 Å². The van der Waals surface area contributed by atoms with E-state index in [9.17, 15) is 5.11 Å². The van der Waals surface area contributed by atoms with Crippen molar-refractivity contribution < 1.29 is 5.11 Å². The van der Waals surface area contributed by atoms with Gasteiger partial charge < -0.3 is 5.11 Å². The van der Waals surface area contributed by atoms with Crippen molar-refractivity contribution in [2.75, 3.05) is 0 Å². The van der Waals surface area contributed by atoms with Crippen LogP contribution in [0.1, 0.15) is 41.5 Å². The van der Waals surface area contributed by atoms with Crippen LogP contribution >= 0.6 is 0 Å². The lowest BCUT2D eigenvalue weighted by Gasteiger charge is -2.06. The van der Waals surface area contributed by atoms with Crippen LogP contribution < -0.4 is 5.43 Å².